The molecular formula is C14H13ClN2O. The molecule has 0 fully saturated rings. The van der Waals surface area contributed by atoms with Gasteiger partial charge in [-0.1, -0.05) is 29.8 Å². The molecule has 0 aliphatic rings. The van der Waals surface area contributed by atoms with E-state index in [0.717, 1.165) is 0 Å². The Morgan fingerprint density at radius 2 is 1.83 bits per heavy atom. The molecule has 2 rings (SSSR count). The Hall–Kier alpha value is -2.00. The first-order valence-corrected chi connectivity index (χ1v) is 5.85. The lowest BCUT2D eigenvalue weighted by atomic mass is 10.2. The molecule has 0 bridgehead atoms. The zero-order chi connectivity index (χ0) is 13.1. The Balaban J connectivity index is 2.34. The van der Waals surface area contributed by atoms with Gasteiger partial charge in [-0.05, 0) is 30.3 Å². The smallest absolute Gasteiger partial charge is 0.258 e. The van der Waals surface area contributed by atoms with Gasteiger partial charge in [-0.3, -0.25) is 4.79 Å². The number of hydrogen-bond acceptors (Lipinski definition) is 2. The van der Waals surface area contributed by atoms with Gasteiger partial charge < -0.3 is 10.6 Å². The highest BCUT2D eigenvalue weighted by molar-refractivity contribution is 6.31. The second-order valence-electron chi connectivity index (χ2n) is 3.93. The molecule has 92 valence electrons. The van der Waals surface area contributed by atoms with Crippen LogP contribution in [0.15, 0.2) is 48.5 Å². The first kappa shape index (κ1) is 12.5. The van der Waals surface area contributed by atoms with Crippen LogP contribution in [-0.4, -0.2) is 13.0 Å². The fraction of sp³-hybridized carbons (Fsp3) is 0.0714. The van der Waals surface area contributed by atoms with Crippen LogP contribution < -0.4 is 10.6 Å². The molecule has 0 aliphatic carbocycles. The van der Waals surface area contributed by atoms with E-state index in [9.17, 15) is 4.79 Å². The van der Waals surface area contributed by atoms with Gasteiger partial charge in [0.25, 0.3) is 5.91 Å². The summed E-state index contributed by atoms with van der Waals surface area (Å²) in [6.45, 7) is 0. The number of hydrogen-bond donors (Lipinski definition) is 1. The van der Waals surface area contributed by atoms with Crippen LogP contribution in [0.1, 0.15) is 10.4 Å². The highest BCUT2D eigenvalue weighted by Gasteiger charge is 2.15. The van der Waals surface area contributed by atoms with E-state index < -0.39 is 0 Å². The molecule has 0 radical (unpaired) electrons. The van der Waals surface area contributed by atoms with Gasteiger partial charge in [0, 0.05) is 17.6 Å². The molecule has 0 unspecified atom stereocenters. The molecule has 1 amide bonds. The van der Waals surface area contributed by atoms with Crippen molar-refractivity contribution in [1.29, 1.82) is 0 Å². The lowest BCUT2D eigenvalue weighted by Crippen LogP contribution is -2.26. The van der Waals surface area contributed by atoms with Crippen LogP contribution in [0.3, 0.4) is 0 Å². The van der Waals surface area contributed by atoms with E-state index in [1.165, 1.54) is 4.90 Å². The van der Waals surface area contributed by atoms with Gasteiger partial charge in [-0.15, -0.1) is 0 Å². The molecule has 2 aromatic carbocycles. The first-order valence-electron chi connectivity index (χ1n) is 5.47. The van der Waals surface area contributed by atoms with Crippen LogP contribution in [0.5, 0.6) is 0 Å². The molecular weight excluding hydrogens is 248 g/mol. The van der Waals surface area contributed by atoms with Gasteiger partial charge >= 0.3 is 0 Å². The minimum Gasteiger partial charge on any atom is -0.397 e. The zero-order valence-corrected chi connectivity index (χ0v) is 10.7. The van der Waals surface area contributed by atoms with Crippen LogP contribution in [0.4, 0.5) is 11.4 Å². The maximum absolute atomic E-state index is 12.2. The summed E-state index contributed by atoms with van der Waals surface area (Å²) in [6, 6.07) is 14.1. The number of benzene rings is 2. The van der Waals surface area contributed by atoms with E-state index in [1.54, 1.807) is 37.4 Å². The van der Waals surface area contributed by atoms with Crippen molar-refractivity contribution in [1.82, 2.24) is 0 Å². The molecule has 0 heterocycles. The molecule has 2 aromatic rings. The molecule has 18 heavy (non-hydrogen) atoms. The third-order valence-corrected chi connectivity index (χ3v) is 2.91. The lowest BCUT2D eigenvalue weighted by molar-refractivity contribution is 0.0993. The molecule has 3 nitrogen and oxygen atoms in total. The predicted octanol–water partition coefficient (Wildman–Crippen LogP) is 3.20. The van der Waals surface area contributed by atoms with Crippen LogP contribution in [0.2, 0.25) is 5.02 Å². The van der Waals surface area contributed by atoms with Crippen molar-refractivity contribution in [3.63, 3.8) is 0 Å². The Bertz CT molecular complexity index is 569. The Morgan fingerprint density at radius 3 is 2.50 bits per heavy atom. The highest BCUT2D eigenvalue weighted by atomic mass is 35.5. The van der Waals surface area contributed by atoms with Crippen molar-refractivity contribution in [3.8, 4) is 0 Å². The number of carbonyl (C=O) groups excluding carboxylic acids is 1. The summed E-state index contributed by atoms with van der Waals surface area (Å²) in [5.74, 6) is -0.121. The molecule has 0 aliphatic heterocycles. The summed E-state index contributed by atoms with van der Waals surface area (Å²) >= 11 is 5.92. The van der Waals surface area contributed by atoms with Crippen LogP contribution in [-0.2, 0) is 0 Å². The van der Waals surface area contributed by atoms with E-state index in [-0.39, 0.29) is 5.91 Å². The predicted molar refractivity (Wildman–Crippen MR) is 75.0 cm³/mol. The lowest BCUT2D eigenvalue weighted by Gasteiger charge is -2.19. The second-order valence-corrected chi connectivity index (χ2v) is 4.37. The summed E-state index contributed by atoms with van der Waals surface area (Å²) in [5, 5.41) is 0.548. The van der Waals surface area contributed by atoms with E-state index in [1.807, 2.05) is 18.2 Å². The molecule has 0 spiro atoms. The van der Waals surface area contributed by atoms with Gasteiger partial charge in [0.15, 0.2) is 0 Å². The van der Waals surface area contributed by atoms with Crippen LogP contribution in [0, 0.1) is 0 Å². The van der Waals surface area contributed by atoms with Gasteiger partial charge in [0.2, 0.25) is 0 Å². The summed E-state index contributed by atoms with van der Waals surface area (Å²) in [7, 11) is 1.68. The van der Waals surface area contributed by atoms with Gasteiger partial charge in [-0.25, -0.2) is 0 Å². The average molecular weight is 261 g/mol. The standard InChI is InChI=1S/C14H13ClN2O/c1-17(13-9-11(15)7-8-12(13)16)14(18)10-5-3-2-4-6-10/h2-9H,16H2,1H3. The van der Waals surface area contributed by atoms with E-state index >= 15 is 0 Å². The minimum absolute atomic E-state index is 0.121. The van der Waals surface area contributed by atoms with Crippen LogP contribution in [0.25, 0.3) is 0 Å². The van der Waals surface area contributed by atoms with Crippen molar-refractivity contribution in [2.45, 2.75) is 0 Å². The minimum atomic E-state index is -0.121. The molecule has 0 saturated carbocycles. The summed E-state index contributed by atoms with van der Waals surface area (Å²) in [6.07, 6.45) is 0. The van der Waals surface area contributed by atoms with Gasteiger partial charge in [0.05, 0.1) is 11.4 Å². The molecule has 0 saturated heterocycles. The maximum atomic E-state index is 12.2. The van der Waals surface area contributed by atoms with Crippen molar-refractivity contribution in [2.24, 2.45) is 0 Å². The van der Waals surface area contributed by atoms with Gasteiger partial charge in [-0.2, -0.15) is 0 Å². The molecule has 0 atom stereocenters. The van der Waals surface area contributed by atoms with E-state index in [0.29, 0.717) is 22.0 Å². The van der Waals surface area contributed by atoms with Gasteiger partial charge in [0.1, 0.15) is 0 Å². The summed E-state index contributed by atoms with van der Waals surface area (Å²) in [4.78, 5) is 13.7. The maximum Gasteiger partial charge on any atom is 0.258 e. The average Bonchev–Trinajstić information content (AvgIpc) is 2.41. The Morgan fingerprint density at radius 1 is 1.17 bits per heavy atom. The van der Waals surface area contributed by atoms with E-state index in [4.69, 9.17) is 17.3 Å². The number of amides is 1. The highest BCUT2D eigenvalue weighted by Crippen LogP contribution is 2.27. The normalized spacial score (nSPS) is 10.1. The Kier molecular flexibility index (Phi) is 3.53. The number of nitrogens with zero attached hydrogens (tertiary/aromatic N) is 1. The van der Waals surface area contributed by atoms with Crippen molar-refractivity contribution in [3.05, 3.63) is 59.1 Å². The molecule has 4 heteroatoms. The molecule has 2 N–H and O–H groups in total. The summed E-state index contributed by atoms with van der Waals surface area (Å²) in [5.41, 5.74) is 7.59. The number of halogens is 1. The Labute approximate surface area is 111 Å². The summed E-state index contributed by atoms with van der Waals surface area (Å²) < 4.78 is 0. The fourth-order valence-electron chi connectivity index (χ4n) is 1.69. The monoisotopic (exact) mass is 260 g/mol. The van der Waals surface area contributed by atoms with Crippen LogP contribution >= 0.6 is 11.6 Å². The number of anilines is 2. The first-order chi connectivity index (χ1) is 8.59. The third kappa shape index (κ3) is 2.46. The number of rotatable bonds is 2. The number of nitrogen functional groups attached to an aromatic ring is 1. The topological polar surface area (TPSA) is 46.3 Å². The number of carbonyl (C=O) groups is 1. The third-order valence-electron chi connectivity index (χ3n) is 2.68. The van der Waals surface area contributed by atoms with Crippen molar-refractivity contribution in [2.75, 3.05) is 17.7 Å². The fourth-order valence-corrected chi connectivity index (χ4v) is 1.86. The molecule has 0 aromatic heterocycles. The quantitative estimate of drug-likeness (QED) is 0.843. The van der Waals surface area contributed by atoms with E-state index in [2.05, 4.69) is 0 Å². The number of nitrogens with two attached hydrogens (primary N) is 1. The zero-order valence-electron chi connectivity index (χ0n) is 9.93. The second kappa shape index (κ2) is 5.10. The SMILES string of the molecule is CN(C(=O)c1ccccc1)c1cc(Cl)ccc1N. The largest absolute Gasteiger partial charge is 0.397 e. The van der Waals surface area contributed by atoms with Crippen molar-refractivity contribution < 1.29 is 4.79 Å². The van der Waals surface area contributed by atoms with Crippen molar-refractivity contribution >= 4 is 28.9 Å².